The van der Waals surface area contributed by atoms with Crippen LogP contribution < -0.4 is 5.32 Å². The van der Waals surface area contributed by atoms with Gasteiger partial charge in [0.15, 0.2) is 0 Å². The summed E-state index contributed by atoms with van der Waals surface area (Å²) in [4.78, 5) is 24.9. The van der Waals surface area contributed by atoms with Gasteiger partial charge < -0.3 is 15.0 Å². The molecule has 1 aliphatic heterocycles. The van der Waals surface area contributed by atoms with Gasteiger partial charge in [0, 0.05) is 33.4 Å². The highest BCUT2D eigenvalue weighted by atomic mass is 16.5. The van der Waals surface area contributed by atoms with Crippen LogP contribution >= 0.6 is 0 Å². The van der Waals surface area contributed by atoms with E-state index in [2.05, 4.69) is 12.2 Å². The summed E-state index contributed by atoms with van der Waals surface area (Å²) in [6.07, 6.45) is 2.71. The number of rotatable bonds is 4. The molecule has 17 heavy (non-hydrogen) atoms. The molecule has 0 aromatic rings. The molecule has 0 aromatic heterocycles. The van der Waals surface area contributed by atoms with Crippen LogP contribution in [0.1, 0.15) is 26.2 Å². The van der Waals surface area contributed by atoms with Crippen LogP contribution in [0.5, 0.6) is 0 Å². The van der Waals surface area contributed by atoms with Crippen molar-refractivity contribution < 1.29 is 14.3 Å². The molecule has 2 amide bonds. The molecule has 5 heteroatoms. The maximum absolute atomic E-state index is 11.8. The number of ether oxygens (including phenoxy) is 1. The zero-order valence-corrected chi connectivity index (χ0v) is 10.7. The van der Waals surface area contributed by atoms with Crippen molar-refractivity contribution in [1.82, 2.24) is 10.2 Å². The van der Waals surface area contributed by atoms with Gasteiger partial charge in [0.05, 0.1) is 0 Å². The first kappa shape index (κ1) is 14.0. The zero-order chi connectivity index (χ0) is 12.7. The molecule has 98 valence electrons. The lowest BCUT2D eigenvalue weighted by molar-refractivity contribution is -0.146. The third-order valence-electron chi connectivity index (χ3n) is 3.08. The Kier molecular flexibility index (Phi) is 5.97. The number of methoxy groups -OCH3 is 1. The predicted octanol–water partition coefficient (Wildman–Crippen LogP) is 0.398. The van der Waals surface area contributed by atoms with E-state index in [9.17, 15) is 9.59 Å². The first-order valence-electron chi connectivity index (χ1n) is 6.21. The maximum atomic E-state index is 11.8. The predicted molar refractivity (Wildman–Crippen MR) is 64.5 cm³/mol. The van der Waals surface area contributed by atoms with Gasteiger partial charge in [-0.3, -0.25) is 9.59 Å². The van der Waals surface area contributed by atoms with Crippen LogP contribution in [0.25, 0.3) is 0 Å². The molecule has 5 nitrogen and oxygen atoms in total. The Bertz CT molecular complexity index is 260. The topological polar surface area (TPSA) is 58.6 Å². The van der Waals surface area contributed by atoms with E-state index in [0.29, 0.717) is 32.2 Å². The molecule has 0 saturated carbocycles. The van der Waals surface area contributed by atoms with Crippen molar-refractivity contribution in [1.29, 1.82) is 0 Å². The van der Waals surface area contributed by atoms with Crippen LogP contribution in [-0.4, -0.2) is 50.1 Å². The lowest BCUT2D eigenvalue weighted by atomic mass is 9.99. The number of hydrogen-bond acceptors (Lipinski definition) is 3. The first-order valence-corrected chi connectivity index (χ1v) is 6.21. The molecule has 0 bridgehead atoms. The molecule has 0 spiro atoms. The van der Waals surface area contributed by atoms with Crippen LogP contribution in [0.3, 0.4) is 0 Å². The smallest absolute Gasteiger partial charge is 0.311 e. The van der Waals surface area contributed by atoms with E-state index in [-0.39, 0.29) is 0 Å². The average molecular weight is 242 g/mol. The summed E-state index contributed by atoms with van der Waals surface area (Å²) in [5.74, 6) is -0.228. The van der Waals surface area contributed by atoms with Crippen molar-refractivity contribution in [2.45, 2.75) is 26.2 Å². The normalized spacial score (nSPS) is 16.9. The van der Waals surface area contributed by atoms with E-state index in [4.69, 9.17) is 4.74 Å². The van der Waals surface area contributed by atoms with Crippen LogP contribution in [-0.2, 0) is 14.3 Å². The van der Waals surface area contributed by atoms with Gasteiger partial charge >= 0.3 is 11.8 Å². The fourth-order valence-corrected chi connectivity index (χ4v) is 1.85. The number of nitrogens with zero attached hydrogens (tertiary/aromatic N) is 1. The molecule has 0 radical (unpaired) electrons. The molecule has 1 fully saturated rings. The first-order chi connectivity index (χ1) is 8.15. The highest BCUT2D eigenvalue weighted by Crippen LogP contribution is 2.15. The molecule has 0 aliphatic carbocycles. The molecular weight excluding hydrogens is 220 g/mol. The van der Waals surface area contributed by atoms with Crippen LogP contribution in [0.4, 0.5) is 0 Å². The van der Waals surface area contributed by atoms with Crippen LogP contribution in [0.2, 0.25) is 0 Å². The van der Waals surface area contributed by atoms with Gasteiger partial charge in [-0.15, -0.1) is 0 Å². The molecule has 0 atom stereocenters. The summed E-state index contributed by atoms with van der Waals surface area (Å²) in [5.41, 5.74) is 0. The summed E-state index contributed by atoms with van der Waals surface area (Å²) in [7, 11) is 1.61. The minimum atomic E-state index is -0.490. The Morgan fingerprint density at radius 3 is 2.59 bits per heavy atom. The van der Waals surface area contributed by atoms with Crippen molar-refractivity contribution in [3.8, 4) is 0 Å². The van der Waals surface area contributed by atoms with Gasteiger partial charge in [0.2, 0.25) is 0 Å². The lowest BCUT2D eigenvalue weighted by Gasteiger charge is -2.29. The molecule has 1 N–H and O–H groups in total. The number of hydrogen-bond donors (Lipinski definition) is 1. The second-order valence-corrected chi connectivity index (χ2v) is 4.58. The molecule has 1 saturated heterocycles. The van der Waals surface area contributed by atoms with Crippen molar-refractivity contribution in [3.05, 3.63) is 0 Å². The summed E-state index contributed by atoms with van der Waals surface area (Å²) in [5, 5.41) is 2.62. The monoisotopic (exact) mass is 242 g/mol. The largest absolute Gasteiger partial charge is 0.385 e. The Hall–Kier alpha value is -1.10. The molecule has 0 unspecified atom stereocenters. The SMILES string of the molecule is COCCCNC(=O)C(=O)N1CCC(C)CC1. The van der Waals surface area contributed by atoms with E-state index in [1.54, 1.807) is 12.0 Å². The number of carbonyl (C=O) groups is 2. The van der Waals surface area contributed by atoms with Crippen LogP contribution in [0, 0.1) is 5.92 Å². The van der Waals surface area contributed by atoms with E-state index in [1.807, 2.05) is 0 Å². The van der Waals surface area contributed by atoms with Gasteiger partial charge in [0.1, 0.15) is 0 Å². The number of amides is 2. The fraction of sp³-hybridized carbons (Fsp3) is 0.833. The third-order valence-corrected chi connectivity index (χ3v) is 3.08. The zero-order valence-electron chi connectivity index (χ0n) is 10.7. The number of likely N-dealkylation sites (tertiary alicyclic amines) is 1. The van der Waals surface area contributed by atoms with E-state index < -0.39 is 11.8 Å². The molecule has 1 rings (SSSR count). The quantitative estimate of drug-likeness (QED) is 0.573. The standard InChI is InChI=1S/C12H22N2O3/c1-10-4-7-14(8-5-10)12(16)11(15)13-6-3-9-17-2/h10H,3-9H2,1-2H3,(H,13,15). The number of piperidine rings is 1. The minimum Gasteiger partial charge on any atom is -0.385 e. The van der Waals surface area contributed by atoms with Crippen molar-refractivity contribution in [2.24, 2.45) is 5.92 Å². The Morgan fingerprint density at radius 2 is 2.00 bits per heavy atom. The van der Waals surface area contributed by atoms with Gasteiger partial charge in [-0.05, 0) is 25.2 Å². The third kappa shape index (κ3) is 4.73. The van der Waals surface area contributed by atoms with Crippen molar-refractivity contribution in [3.63, 3.8) is 0 Å². The Morgan fingerprint density at radius 1 is 1.35 bits per heavy atom. The van der Waals surface area contributed by atoms with E-state index in [1.165, 1.54) is 0 Å². The molecule has 1 aliphatic rings. The molecule has 1 heterocycles. The van der Waals surface area contributed by atoms with Gasteiger partial charge in [-0.1, -0.05) is 6.92 Å². The van der Waals surface area contributed by atoms with E-state index in [0.717, 1.165) is 19.3 Å². The number of nitrogens with one attached hydrogen (secondary N) is 1. The van der Waals surface area contributed by atoms with Crippen molar-refractivity contribution >= 4 is 11.8 Å². The van der Waals surface area contributed by atoms with Gasteiger partial charge in [0.25, 0.3) is 0 Å². The Labute approximate surface area is 102 Å². The number of carbonyl (C=O) groups excluding carboxylic acids is 2. The fourth-order valence-electron chi connectivity index (χ4n) is 1.85. The molecule has 0 aromatic carbocycles. The summed E-state index contributed by atoms with van der Waals surface area (Å²) < 4.78 is 4.87. The molecular formula is C12H22N2O3. The lowest BCUT2D eigenvalue weighted by Crippen LogP contribution is -2.46. The second kappa shape index (κ2) is 7.27. The van der Waals surface area contributed by atoms with E-state index >= 15 is 0 Å². The summed E-state index contributed by atoms with van der Waals surface area (Å²) in [6, 6.07) is 0. The Balaban J connectivity index is 2.24. The average Bonchev–Trinajstić information content (AvgIpc) is 2.34. The van der Waals surface area contributed by atoms with Crippen LogP contribution in [0.15, 0.2) is 0 Å². The van der Waals surface area contributed by atoms with Gasteiger partial charge in [-0.25, -0.2) is 0 Å². The van der Waals surface area contributed by atoms with Crippen molar-refractivity contribution in [2.75, 3.05) is 33.4 Å². The maximum Gasteiger partial charge on any atom is 0.311 e. The highest BCUT2D eigenvalue weighted by Gasteiger charge is 2.24. The minimum absolute atomic E-state index is 0.394. The second-order valence-electron chi connectivity index (χ2n) is 4.58. The summed E-state index contributed by atoms with van der Waals surface area (Å²) >= 11 is 0. The summed E-state index contributed by atoms with van der Waals surface area (Å²) in [6.45, 7) is 4.65. The van der Waals surface area contributed by atoms with Gasteiger partial charge in [-0.2, -0.15) is 0 Å². The highest BCUT2D eigenvalue weighted by molar-refractivity contribution is 6.35.